The van der Waals surface area contributed by atoms with Gasteiger partial charge < -0.3 is 10.1 Å². The topological polar surface area (TPSA) is 58.6 Å². The Morgan fingerprint density at radius 3 is 2.41 bits per heavy atom. The van der Waals surface area contributed by atoms with E-state index in [9.17, 15) is 14.0 Å². The van der Waals surface area contributed by atoms with Gasteiger partial charge in [-0.15, -0.1) is 0 Å². The van der Waals surface area contributed by atoms with Crippen LogP contribution in [-0.2, 0) is 16.0 Å². The molecule has 0 fully saturated rings. The third-order valence-electron chi connectivity index (χ3n) is 5.77. The van der Waals surface area contributed by atoms with Crippen molar-refractivity contribution in [1.82, 2.24) is 4.90 Å². The van der Waals surface area contributed by atoms with E-state index in [4.69, 9.17) is 4.74 Å². The molecule has 174 valence electrons. The number of carbonyl (C=O) groups is 2. The molecule has 0 spiro atoms. The number of imide groups is 1. The summed E-state index contributed by atoms with van der Waals surface area (Å²) in [6, 6.07) is 19.2. The quantitative estimate of drug-likeness (QED) is 0.467. The van der Waals surface area contributed by atoms with Gasteiger partial charge in [-0.1, -0.05) is 42.0 Å². The summed E-state index contributed by atoms with van der Waals surface area (Å²) in [6.45, 7) is 6.54. The largest absolute Gasteiger partial charge is 0.494 e. The van der Waals surface area contributed by atoms with Gasteiger partial charge in [-0.25, -0.2) is 4.39 Å². The first-order valence-corrected chi connectivity index (χ1v) is 11.3. The van der Waals surface area contributed by atoms with Crippen LogP contribution in [0.4, 0.5) is 10.1 Å². The molecular weight excluding hydrogens is 431 g/mol. The maximum absolute atomic E-state index is 13.5. The number of aryl methyl sites for hydroxylation is 2. The maximum Gasteiger partial charge on any atom is 0.278 e. The molecule has 0 radical (unpaired) electrons. The first-order valence-electron chi connectivity index (χ1n) is 11.3. The predicted molar refractivity (Wildman–Crippen MR) is 131 cm³/mol. The molecule has 3 aromatic carbocycles. The molecule has 0 aliphatic carbocycles. The molecule has 6 heteroatoms. The van der Waals surface area contributed by atoms with Crippen molar-refractivity contribution in [2.24, 2.45) is 0 Å². The molecule has 1 heterocycles. The first-order chi connectivity index (χ1) is 16.4. The third-order valence-corrected chi connectivity index (χ3v) is 5.77. The Kier molecular flexibility index (Phi) is 6.77. The normalized spacial score (nSPS) is 13.6. The summed E-state index contributed by atoms with van der Waals surface area (Å²) in [5, 5.41) is 3.18. The minimum absolute atomic E-state index is 0.196. The fraction of sp³-hybridized carbons (Fsp3) is 0.214. The van der Waals surface area contributed by atoms with Crippen LogP contribution in [0.1, 0.15) is 29.2 Å². The highest BCUT2D eigenvalue weighted by molar-refractivity contribution is 6.36. The summed E-state index contributed by atoms with van der Waals surface area (Å²) in [5.74, 6) is -0.380. The smallest absolute Gasteiger partial charge is 0.278 e. The molecule has 2 amide bonds. The zero-order valence-corrected chi connectivity index (χ0v) is 19.5. The number of hydrogen-bond acceptors (Lipinski definition) is 4. The fourth-order valence-corrected chi connectivity index (χ4v) is 4.11. The van der Waals surface area contributed by atoms with Crippen LogP contribution in [-0.4, -0.2) is 29.9 Å². The lowest BCUT2D eigenvalue weighted by atomic mass is 9.97. The lowest BCUT2D eigenvalue weighted by Gasteiger charge is -2.15. The van der Waals surface area contributed by atoms with E-state index in [-0.39, 0.29) is 29.9 Å². The van der Waals surface area contributed by atoms with Crippen molar-refractivity contribution in [3.63, 3.8) is 0 Å². The molecule has 0 unspecified atom stereocenters. The van der Waals surface area contributed by atoms with E-state index >= 15 is 0 Å². The number of hydrogen-bond donors (Lipinski definition) is 1. The van der Waals surface area contributed by atoms with Crippen molar-refractivity contribution in [2.45, 2.75) is 27.2 Å². The highest BCUT2D eigenvalue weighted by atomic mass is 19.1. The van der Waals surface area contributed by atoms with Crippen LogP contribution in [0, 0.1) is 19.7 Å². The maximum atomic E-state index is 13.5. The molecule has 4 rings (SSSR count). The van der Waals surface area contributed by atoms with E-state index in [1.165, 1.54) is 17.0 Å². The average Bonchev–Trinajstić information content (AvgIpc) is 3.03. The number of halogens is 1. The second kappa shape index (κ2) is 9.91. The lowest BCUT2D eigenvalue weighted by Crippen LogP contribution is -2.34. The summed E-state index contributed by atoms with van der Waals surface area (Å²) in [6.07, 6.45) is 0.436. The molecule has 5 nitrogen and oxygen atoms in total. The number of ether oxygens (including phenoxy) is 1. The molecule has 0 bridgehead atoms. The molecular formula is C28H27FN2O3. The van der Waals surface area contributed by atoms with Crippen LogP contribution < -0.4 is 10.1 Å². The molecule has 1 aliphatic heterocycles. The second-order valence-corrected chi connectivity index (χ2v) is 8.29. The Morgan fingerprint density at radius 1 is 0.941 bits per heavy atom. The number of benzene rings is 3. The molecule has 0 saturated carbocycles. The molecule has 1 N–H and O–H groups in total. The Morgan fingerprint density at radius 2 is 1.71 bits per heavy atom. The van der Waals surface area contributed by atoms with Gasteiger partial charge in [0, 0.05) is 18.3 Å². The minimum Gasteiger partial charge on any atom is -0.494 e. The monoisotopic (exact) mass is 458 g/mol. The van der Waals surface area contributed by atoms with Crippen LogP contribution in [0.3, 0.4) is 0 Å². The van der Waals surface area contributed by atoms with E-state index < -0.39 is 0 Å². The first kappa shape index (κ1) is 23.2. The molecule has 34 heavy (non-hydrogen) atoms. The van der Waals surface area contributed by atoms with Crippen molar-refractivity contribution in [3.05, 3.63) is 100 Å². The van der Waals surface area contributed by atoms with Gasteiger partial charge in [0.25, 0.3) is 11.8 Å². The Hall–Kier alpha value is -3.93. The predicted octanol–water partition coefficient (Wildman–Crippen LogP) is 5.28. The van der Waals surface area contributed by atoms with Gasteiger partial charge in [-0.3, -0.25) is 14.5 Å². The highest BCUT2D eigenvalue weighted by Gasteiger charge is 2.39. The molecule has 3 aromatic rings. The summed E-state index contributed by atoms with van der Waals surface area (Å²) in [4.78, 5) is 28.2. The van der Waals surface area contributed by atoms with Gasteiger partial charge in [-0.05, 0) is 68.1 Å². The minimum atomic E-state index is -0.385. The number of anilines is 1. The number of amides is 2. The number of rotatable bonds is 8. The average molecular weight is 459 g/mol. The fourth-order valence-electron chi connectivity index (χ4n) is 4.11. The van der Waals surface area contributed by atoms with Crippen LogP contribution in [0.2, 0.25) is 0 Å². The van der Waals surface area contributed by atoms with E-state index in [0.717, 1.165) is 22.3 Å². The van der Waals surface area contributed by atoms with Crippen molar-refractivity contribution in [3.8, 4) is 5.75 Å². The van der Waals surface area contributed by atoms with Gasteiger partial charge in [0.05, 0.1) is 12.2 Å². The van der Waals surface area contributed by atoms with Gasteiger partial charge in [0.1, 0.15) is 17.3 Å². The molecule has 1 aliphatic rings. The van der Waals surface area contributed by atoms with Crippen LogP contribution >= 0.6 is 0 Å². The van der Waals surface area contributed by atoms with Crippen molar-refractivity contribution in [2.75, 3.05) is 18.5 Å². The zero-order valence-electron chi connectivity index (χ0n) is 19.5. The summed E-state index contributed by atoms with van der Waals surface area (Å²) in [5.41, 5.74) is 4.81. The Bertz CT molecular complexity index is 1260. The summed E-state index contributed by atoms with van der Waals surface area (Å²) < 4.78 is 18.8. The van der Waals surface area contributed by atoms with Gasteiger partial charge in [0.2, 0.25) is 0 Å². The van der Waals surface area contributed by atoms with Crippen LogP contribution in [0.15, 0.2) is 72.4 Å². The Labute approximate surface area is 198 Å². The third kappa shape index (κ3) is 4.86. The second-order valence-electron chi connectivity index (χ2n) is 8.29. The van der Waals surface area contributed by atoms with Gasteiger partial charge in [0.15, 0.2) is 0 Å². The summed E-state index contributed by atoms with van der Waals surface area (Å²) in [7, 11) is 0. The van der Waals surface area contributed by atoms with Crippen molar-refractivity contribution in [1.29, 1.82) is 0 Å². The zero-order chi connectivity index (χ0) is 24.2. The van der Waals surface area contributed by atoms with E-state index in [1.807, 2.05) is 57.2 Å². The van der Waals surface area contributed by atoms with Gasteiger partial charge in [-0.2, -0.15) is 0 Å². The lowest BCUT2D eigenvalue weighted by molar-refractivity contribution is -0.136. The van der Waals surface area contributed by atoms with E-state index in [2.05, 4.69) is 5.32 Å². The number of nitrogens with zero attached hydrogens (tertiary/aromatic N) is 1. The summed E-state index contributed by atoms with van der Waals surface area (Å²) >= 11 is 0. The number of nitrogens with one attached hydrogen (secondary N) is 1. The number of carbonyl (C=O) groups excluding carboxylic acids is 2. The molecule has 0 atom stereocenters. The van der Waals surface area contributed by atoms with E-state index in [0.29, 0.717) is 30.0 Å². The molecule has 0 saturated heterocycles. The van der Waals surface area contributed by atoms with Crippen molar-refractivity contribution >= 4 is 23.1 Å². The standard InChI is InChI=1S/C28H27FN2O3/c1-4-34-23-7-5-6-22(17-23)30-26-25(24-13-8-18(2)16-19(24)3)27(32)31(28(26)33)15-14-20-9-11-21(29)12-10-20/h5-13,16-17,30H,4,14-15H2,1-3H3. The van der Waals surface area contributed by atoms with Crippen molar-refractivity contribution < 1.29 is 18.7 Å². The molecule has 0 aromatic heterocycles. The Balaban J connectivity index is 1.68. The van der Waals surface area contributed by atoms with Gasteiger partial charge >= 0.3 is 0 Å². The van der Waals surface area contributed by atoms with E-state index in [1.54, 1.807) is 18.2 Å². The SMILES string of the molecule is CCOc1cccc(NC2=C(c3ccc(C)cc3C)C(=O)N(CCc3ccc(F)cc3)C2=O)c1. The van der Waals surface area contributed by atoms with Crippen LogP contribution in [0.25, 0.3) is 5.57 Å². The van der Waals surface area contributed by atoms with Crippen LogP contribution in [0.5, 0.6) is 5.75 Å². The highest BCUT2D eigenvalue weighted by Crippen LogP contribution is 2.33.